The van der Waals surface area contributed by atoms with Crippen LogP contribution in [0.2, 0.25) is 0 Å². The van der Waals surface area contributed by atoms with Crippen LogP contribution in [0.4, 0.5) is 5.82 Å². The van der Waals surface area contributed by atoms with Gasteiger partial charge >= 0.3 is 0 Å². The third-order valence-corrected chi connectivity index (χ3v) is 3.97. The highest BCUT2D eigenvalue weighted by atomic mass is 16.5. The average molecular weight is 279 g/mol. The first-order valence-corrected chi connectivity index (χ1v) is 7.27. The van der Waals surface area contributed by atoms with Crippen molar-refractivity contribution in [3.8, 4) is 0 Å². The van der Waals surface area contributed by atoms with Crippen LogP contribution in [0.1, 0.15) is 17.2 Å². The molecule has 0 fully saturated rings. The van der Waals surface area contributed by atoms with E-state index in [0.717, 1.165) is 36.4 Å². The summed E-state index contributed by atoms with van der Waals surface area (Å²) in [5, 5.41) is 4.51. The fourth-order valence-electron chi connectivity index (χ4n) is 2.87. The molecule has 2 N–H and O–H groups in total. The highest BCUT2D eigenvalue weighted by Gasteiger charge is 2.20. The SMILES string of the molecule is c1ccc2c(c1)CCOC2CNc1ccc2cc[nH]c2n1. The number of fused-ring (bicyclic) bond motifs is 2. The zero-order chi connectivity index (χ0) is 14.1. The Morgan fingerprint density at radius 3 is 3.14 bits per heavy atom. The van der Waals surface area contributed by atoms with Gasteiger partial charge in [-0.15, -0.1) is 0 Å². The number of anilines is 1. The summed E-state index contributed by atoms with van der Waals surface area (Å²) >= 11 is 0. The van der Waals surface area contributed by atoms with Gasteiger partial charge in [-0.05, 0) is 35.7 Å². The quantitative estimate of drug-likeness (QED) is 0.773. The Balaban J connectivity index is 1.52. The van der Waals surface area contributed by atoms with E-state index in [4.69, 9.17) is 4.74 Å². The Morgan fingerprint density at radius 1 is 1.19 bits per heavy atom. The molecule has 0 aliphatic carbocycles. The molecule has 4 nitrogen and oxygen atoms in total. The van der Waals surface area contributed by atoms with Crippen molar-refractivity contribution in [3.05, 3.63) is 59.8 Å². The van der Waals surface area contributed by atoms with Crippen molar-refractivity contribution in [2.75, 3.05) is 18.5 Å². The van der Waals surface area contributed by atoms with Crippen LogP contribution >= 0.6 is 0 Å². The summed E-state index contributed by atoms with van der Waals surface area (Å²) in [6, 6.07) is 14.6. The van der Waals surface area contributed by atoms with Crippen LogP contribution < -0.4 is 5.32 Å². The Hall–Kier alpha value is -2.33. The first kappa shape index (κ1) is 12.4. The molecule has 0 saturated carbocycles. The first-order valence-electron chi connectivity index (χ1n) is 7.27. The lowest BCUT2D eigenvalue weighted by Gasteiger charge is -2.26. The predicted octanol–water partition coefficient (Wildman–Crippen LogP) is 3.29. The average Bonchev–Trinajstić information content (AvgIpc) is 3.00. The standard InChI is InChI=1S/C17H17N3O/c1-2-4-14-12(3-1)8-10-21-15(14)11-19-16-6-5-13-7-9-18-17(13)20-16/h1-7,9,15H,8,10-11H2,(H2,18,19,20). The number of rotatable bonds is 3. The number of aromatic nitrogens is 2. The monoisotopic (exact) mass is 279 g/mol. The van der Waals surface area contributed by atoms with Gasteiger partial charge in [0.1, 0.15) is 11.5 Å². The van der Waals surface area contributed by atoms with Crippen molar-refractivity contribution in [1.82, 2.24) is 9.97 Å². The molecule has 0 amide bonds. The van der Waals surface area contributed by atoms with Gasteiger partial charge in [-0.3, -0.25) is 0 Å². The highest BCUT2D eigenvalue weighted by Crippen LogP contribution is 2.27. The van der Waals surface area contributed by atoms with Crippen LogP contribution in [0.15, 0.2) is 48.7 Å². The molecule has 1 aliphatic heterocycles. The minimum atomic E-state index is 0.0936. The van der Waals surface area contributed by atoms with Crippen LogP contribution in [0.25, 0.3) is 11.0 Å². The second-order valence-electron chi connectivity index (χ2n) is 5.30. The van der Waals surface area contributed by atoms with Crippen molar-refractivity contribution >= 4 is 16.9 Å². The third kappa shape index (κ3) is 2.38. The second kappa shape index (κ2) is 5.22. The Bertz CT molecular complexity index is 765. The molecule has 4 heteroatoms. The summed E-state index contributed by atoms with van der Waals surface area (Å²) in [5.41, 5.74) is 3.59. The Labute approximate surface area is 123 Å². The smallest absolute Gasteiger partial charge is 0.139 e. The van der Waals surface area contributed by atoms with Crippen LogP contribution in [0, 0.1) is 0 Å². The van der Waals surface area contributed by atoms with E-state index in [1.165, 1.54) is 11.1 Å². The number of ether oxygens (including phenoxy) is 1. The van der Waals surface area contributed by atoms with Gasteiger partial charge in [0, 0.05) is 18.1 Å². The summed E-state index contributed by atoms with van der Waals surface area (Å²) in [6.07, 6.45) is 3.00. The number of pyridine rings is 1. The molecule has 0 spiro atoms. The normalized spacial score (nSPS) is 17.6. The van der Waals surface area contributed by atoms with E-state index < -0.39 is 0 Å². The molecule has 2 aromatic heterocycles. The van der Waals surface area contributed by atoms with Crippen molar-refractivity contribution in [1.29, 1.82) is 0 Å². The molecule has 3 heterocycles. The van der Waals surface area contributed by atoms with Gasteiger partial charge < -0.3 is 15.0 Å². The van der Waals surface area contributed by atoms with Gasteiger partial charge in [-0.2, -0.15) is 0 Å². The molecule has 1 atom stereocenters. The van der Waals surface area contributed by atoms with E-state index in [-0.39, 0.29) is 6.10 Å². The fourth-order valence-corrected chi connectivity index (χ4v) is 2.87. The van der Waals surface area contributed by atoms with E-state index in [1.807, 2.05) is 18.3 Å². The van der Waals surface area contributed by atoms with E-state index in [9.17, 15) is 0 Å². The number of hydrogen-bond acceptors (Lipinski definition) is 3. The molecule has 0 bridgehead atoms. The molecule has 21 heavy (non-hydrogen) atoms. The van der Waals surface area contributed by atoms with Crippen molar-refractivity contribution in [2.24, 2.45) is 0 Å². The predicted molar refractivity (Wildman–Crippen MR) is 83.4 cm³/mol. The van der Waals surface area contributed by atoms with Gasteiger partial charge in [0.05, 0.1) is 12.7 Å². The van der Waals surface area contributed by atoms with Gasteiger partial charge in [0.25, 0.3) is 0 Å². The molecule has 0 radical (unpaired) electrons. The second-order valence-corrected chi connectivity index (χ2v) is 5.30. The largest absolute Gasteiger partial charge is 0.371 e. The van der Waals surface area contributed by atoms with Crippen LogP contribution in [0.3, 0.4) is 0 Å². The van der Waals surface area contributed by atoms with Gasteiger partial charge in [0.2, 0.25) is 0 Å². The Morgan fingerprint density at radius 2 is 2.14 bits per heavy atom. The van der Waals surface area contributed by atoms with Crippen LogP contribution in [0.5, 0.6) is 0 Å². The number of hydrogen-bond donors (Lipinski definition) is 2. The summed E-state index contributed by atoms with van der Waals surface area (Å²) in [5.74, 6) is 0.872. The summed E-state index contributed by atoms with van der Waals surface area (Å²) < 4.78 is 5.90. The van der Waals surface area contributed by atoms with Gasteiger partial charge in [-0.25, -0.2) is 4.98 Å². The summed E-state index contributed by atoms with van der Waals surface area (Å²) in [4.78, 5) is 7.68. The molecule has 4 rings (SSSR count). The minimum absolute atomic E-state index is 0.0936. The Kier molecular flexibility index (Phi) is 3.09. The number of benzene rings is 1. The molecule has 1 aromatic carbocycles. The van der Waals surface area contributed by atoms with E-state index in [0.29, 0.717) is 0 Å². The summed E-state index contributed by atoms with van der Waals surface area (Å²) in [7, 11) is 0. The number of nitrogens with one attached hydrogen (secondary N) is 2. The maximum absolute atomic E-state index is 5.90. The highest BCUT2D eigenvalue weighted by molar-refractivity contribution is 5.77. The van der Waals surface area contributed by atoms with E-state index in [2.05, 4.69) is 45.6 Å². The molecular formula is C17H17N3O. The molecule has 3 aromatic rings. The maximum atomic E-state index is 5.90. The fraction of sp³-hybridized carbons (Fsp3) is 0.235. The van der Waals surface area contributed by atoms with Crippen molar-refractivity contribution in [3.63, 3.8) is 0 Å². The topological polar surface area (TPSA) is 49.9 Å². The zero-order valence-electron chi connectivity index (χ0n) is 11.7. The zero-order valence-corrected chi connectivity index (χ0v) is 11.7. The minimum Gasteiger partial charge on any atom is -0.371 e. The van der Waals surface area contributed by atoms with E-state index >= 15 is 0 Å². The number of nitrogens with zero attached hydrogens (tertiary/aromatic N) is 1. The molecule has 1 unspecified atom stereocenters. The van der Waals surface area contributed by atoms with Crippen LogP contribution in [-0.2, 0) is 11.2 Å². The van der Waals surface area contributed by atoms with Crippen molar-refractivity contribution < 1.29 is 4.74 Å². The number of H-pyrrole nitrogens is 1. The summed E-state index contributed by atoms with van der Waals surface area (Å²) in [6.45, 7) is 1.52. The maximum Gasteiger partial charge on any atom is 0.139 e. The lowest BCUT2D eigenvalue weighted by molar-refractivity contribution is 0.0513. The molecule has 106 valence electrons. The van der Waals surface area contributed by atoms with Crippen molar-refractivity contribution in [2.45, 2.75) is 12.5 Å². The molecule has 1 aliphatic rings. The first-order chi connectivity index (χ1) is 10.4. The lowest BCUT2D eigenvalue weighted by atomic mass is 9.97. The molecule has 0 saturated heterocycles. The van der Waals surface area contributed by atoms with E-state index in [1.54, 1.807) is 0 Å². The number of aromatic amines is 1. The van der Waals surface area contributed by atoms with Gasteiger partial charge in [0.15, 0.2) is 0 Å². The third-order valence-electron chi connectivity index (χ3n) is 3.97. The molecular weight excluding hydrogens is 262 g/mol. The van der Waals surface area contributed by atoms with Gasteiger partial charge in [-0.1, -0.05) is 24.3 Å². The lowest BCUT2D eigenvalue weighted by Crippen LogP contribution is -2.23. The van der Waals surface area contributed by atoms with Crippen LogP contribution in [-0.4, -0.2) is 23.1 Å².